The molecule has 0 aliphatic heterocycles. The molecule has 1 heterocycles. The second-order valence-corrected chi connectivity index (χ2v) is 6.80. The Kier molecular flexibility index (Phi) is 8.26. The molecule has 8 heteroatoms. The Balaban J connectivity index is 1.52. The van der Waals surface area contributed by atoms with Crippen molar-refractivity contribution in [3.63, 3.8) is 0 Å². The van der Waals surface area contributed by atoms with Gasteiger partial charge in [-0.25, -0.2) is 0 Å². The molecular formula is C25H23N3O5. The molecule has 0 saturated heterocycles. The van der Waals surface area contributed by atoms with Gasteiger partial charge in [0.1, 0.15) is 28.9 Å². The number of anilines is 1. The molecule has 3 rings (SSSR count). The summed E-state index contributed by atoms with van der Waals surface area (Å²) in [6, 6.07) is 19.0. The summed E-state index contributed by atoms with van der Waals surface area (Å²) >= 11 is 0. The summed E-state index contributed by atoms with van der Waals surface area (Å²) in [6.45, 7) is 2.58. The Labute approximate surface area is 191 Å². The SMILES string of the molecule is CCOc1ccc(NC(=O)/C(C#N)=C/c2ccc(OCC(=O)NCc3ccco3)cc2)cc1. The average molecular weight is 445 g/mol. The summed E-state index contributed by atoms with van der Waals surface area (Å²) in [5.41, 5.74) is 1.15. The van der Waals surface area contributed by atoms with Crippen molar-refractivity contribution in [3.8, 4) is 17.6 Å². The summed E-state index contributed by atoms with van der Waals surface area (Å²) in [5, 5.41) is 14.8. The van der Waals surface area contributed by atoms with E-state index < -0.39 is 5.91 Å². The second-order valence-electron chi connectivity index (χ2n) is 6.80. The van der Waals surface area contributed by atoms with Crippen molar-refractivity contribution in [1.29, 1.82) is 5.26 Å². The maximum Gasteiger partial charge on any atom is 0.266 e. The maximum atomic E-state index is 12.4. The van der Waals surface area contributed by atoms with E-state index in [-0.39, 0.29) is 24.6 Å². The van der Waals surface area contributed by atoms with Crippen LogP contribution in [0.2, 0.25) is 0 Å². The van der Waals surface area contributed by atoms with Crippen LogP contribution >= 0.6 is 0 Å². The van der Waals surface area contributed by atoms with Gasteiger partial charge in [0, 0.05) is 5.69 Å². The van der Waals surface area contributed by atoms with E-state index in [1.54, 1.807) is 60.7 Å². The number of furan rings is 1. The van der Waals surface area contributed by atoms with Gasteiger partial charge < -0.3 is 24.5 Å². The number of nitrogens with zero attached hydrogens (tertiary/aromatic N) is 1. The van der Waals surface area contributed by atoms with Crippen molar-refractivity contribution in [1.82, 2.24) is 5.32 Å². The molecule has 0 aliphatic carbocycles. The van der Waals surface area contributed by atoms with Crippen molar-refractivity contribution in [2.75, 3.05) is 18.5 Å². The number of rotatable bonds is 10. The molecule has 0 bridgehead atoms. The van der Waals surface area contributed by atoms with Crippen LogP contribution in [-0.4, -0.2) is 25.0 Å². The minimum Gasteiger partial charge on any atom is -0.494 e. The molecule has 0 radical (unpaired) electrons. The van der Waals surface area contributed by atoms with Crippen molar-refractivity contribution < 1.29 is 23.5 Å². The van der Waals surface area contributed by atoms with Gasteiger partial charge in [-0.1, -0.05) is 12.1 Å². The molecule has 2 N–H and O–H groups in total. The van der Waals surface area contributed by atoms with Gasteiger partial charge in [-0.15, -0.1) is 0 Å². The van der Waals surface area contributed by atoms with Gasteiger partial charge in [0.15, 0.2) is 6.61 Å². The summed E-state index contributed by atoms with van der Waals surface area (Å²) in [7, 11) is 0. The van der Waals surface area contributed by atoms with Crippen LogP contribution in [0.1, 0.15) is 18.2 Å². The van der Waals surface area contributed by atoms with E-state index in [2.05, 4.69) is 10.6 Å². The molecule has 0 saturated carbocycles. The fraction of sp³-hybridized carbons (Fsp3) is 0.160. The van der Waals surface area contributed by atoms with Crippen LogP contribution in [-0.2, 0) is 16.1 Å². The summed E-state index contributed by atoms with van der Waals surface area (Å²) in [5.74, 6) is 1.03. The molecule has 33 heavy (non-hydrogen) atoms. The fourth-order valence-electron chi connectivity index (χ4n) is 2.77. The van der Waals surface area contributed by atoms with E-state index in [4.69, 9.17) is 13.9 Å². The summed E-state index contributed by atoms with van der Waals surface area (Å²) < 4.78 is 16.0. The third-order valence-corrected chi connectivity index (χ3v) is 4.39. The predicted octanol–water partition coefficient (Wildman–Crippen LogP) is 3.92. The standard InChI is InChI=1S/C25H23N3O5/c1-2-31-21-11-7-20(8-12-21)28-25(30)19(15-26)14-18-5-9-22(10-6-18)33-17-24(29)27-16-23-4-3-13-32-23/h3-14H,2,16-17H2,1H3,(H,27,29)(H,28,30)/b19-14+. The lowest BCUT2D eigenvalue weighted by atomic mass is 10.1. The highest BCUT2D eigenvalue weighted by atomic mass is 16.5. The molecule has 0 unspecified atom stereocenters. The topological polar surface area (TPSA) is 114 Å². The molecule has 168 valence electrons. The van der Waals surface area contributed by atoms with Gasteiger partial charge in [0.25, 0.3) is 11.8 Å². The Bertz CT molecular complexity index is 1130. The van der Waals surface area contributed by atoms with Crippen LogP contribution in [0.15, 0.2) is 76.9 Å². The molecule has 0 fully saturated rings. The third-order valence-electron chi connectivity index (χ3n) is 4.39. The number of carbonyl (C=O) groups is 2. The van der Waals surface area contributed by atoms with E-state index >= 15 is 0 Å². The van der Waals surface area contributed by atoms with E-state index in [0.717, 1.165) is 0 Å². The number of benzene rings is 2. The molecule has 1 aromatic heterocycles. The van der Waals surface area contributed by atoms with Crippen molar-refractivity contribution >= 4 is 23.6 Å². The largest absolute Gasteiger partial charge is 0.494 e. The Morgan fingerprint density at radius 1 is 1.03 bits per heavy atom. The highest BCUT2D eigenvalue weighted by Crippen LogP contribution is 2.18. The van der Waals surface area contributed by atoms with Crippen LogP contribution in [0.4, 0.5) is 5.69 Å². The normalized spacial score (nSPS) is 10.7. The van der Waals surface area contributed by atoms with Gasteiger partial charge >= 0.3 is 0 Å². The lowest BCUT2D eigenvalue weighted by molar-refractivity contribution is -0.123. The molecule has 2 aromatic carbocycles. The van der Waals surface area contributed by atoms with Gasteiger partial charge in [-0.3, -0.25) is 9.59 Å². The molecule has 2 amide bonds. The molecular weight excluding hydrogens is 422 g/mol. The first-order valence-electron chi connectivity index (χ1n) is 10.3. The Morgan fingerprint density at radius 3 is 2.36 bits per heavy atom. The maximum absolute atomic E-state index is 12.4. The lowest BCUT2D eigenvalue weighted by Crippen LogP contribution is -2.28. The first-order chi connectivity index (χ1) is 16.1. The highest BCUT2D eigenvalue weighted by Gasteiger charge is 2.10. The monoisotopic (exact) mass is 445 g/mol. The van der Waals surface area contributed by atoms with Crippen LogP contribution in [0.5, 0.6) is 11.5 Å². The second kappa shape index (κ2) is 11.8. The number of ether oxygens (including phenoxy) is 2. The predicted molar refractivity (Wildman–Crippen MR) is 122 cm³/mol. The zero-order valence-electron chi connectivity index (χ0n) is 18.0. The summed E-state index contributed by atoms with van der Waals surface area (Å²) in [4.78, 5) is 24.3. The zero-order valence-corrected chi connectivity index (χ0v) is 18.0. The van der Waals surface area contributed by atoms with E-state index in [9.17, 15) is 14.9 Å². The van der Waals surface area contributed by atoms with Crippen LogP contribution < -0.4 is 20.1 Å². The molecule has 3 aromatic rings. The molecule has 0 aliphatic rings. The van der Waals surface area contributed by atoms with Crippen LogP contribution in [0.25, 0.3) is 6.08 Å². The minimum atomic E-state index is -0.518. The van der Waals surface area contributed by atoms with E-state index in [1.807, 2.05) is 13.0 Å². The van der Waals surface area contributed by atoms with Gasteiger partial charge in [-0.2, -0.15) is 5.26 Å². The summed E-state index contributed by atoms with van der Waals surface area (Å²) in [6.07, 6.45) is 3.01. The highest BCUT2D eigenvalue weighted by molar-refractivity contribution is 6.09. The van der Waals surface area contributed by atoms with Gasteiger partial charge in [0.2, 0.25) is 0 Å². The first-order valence-corrected chi connectivity index (χ1v) is 10.3. The minimum absolute atomic E-state index is 0.0464. The number of amides is 2. The molecule has 8 nitrogen and oxygen atoms in total. The number of nitriles is 1. The first kappa shape index (κ1) is 23.2. The number of hydrogen-bond donors (Lipinski definition) is 2. The number of carbonyl (C=O) groups excluding carboxylic acids is 2. The third kappa shape index (κ3) is 7.29. The van der Waals surface area contributed by atoms with E-state index in [0.29, 0.717) is 35.1 Å². The quantitative estimate of drug-likeness (QED) is 0.361. The number of nitrogens with one attached hydrogen (secondary N) is 2. The van der Waals surface area contributed by atoms with Gasteiger partial charge in [-0.05, 0) is 67.1 Å². The van der Waals surface area contributed by atoms with Crippen molar-refractivity contribution in [3.05, 3.63) is 83.8 Å². The smallest absolute Gasteiger partial charge is 0.266 e. The van der Waals surface area contributed by atoms with Crippen LogP contribution in [0, 0.1) is 11.3 Å². The van der Waals surface area contributed by atoms with Crippen molar-refractivity contribution in [2.45, 2.75) is 13.5 Å². The zero-order chi connectivity index (χ0) is 23.5. The average Bonchev–Trinajstić information content (AvgIpc) is 3.36. The van der Waals surface area contributed by atoms with Crippen LogP contribution in [0.3, 0.4) is 0 Å². The van der Waals surface area contributed by atoms with Gasteiger partial charge in [0.05, 0.1) is 19.4 Å². The lowest BCUT2D eigenvalue weighted by Gasteiger charge is -2.08. The Hall–Kier alpha value is -4.51. The molecule has 0 atom stereocenters. The van der Waals surface area contributed by atoms with Crippen molar-refractivity contribution in [2.24, 2.45) is 0 Å². The Morgan fingerprint density at radius 2 is 1.73 bits per heavy atom. The van der Waals surface area contributed by atoms with E-state index in [1.165, 1.54) is 12.3 Å². The molecule has 0 spiro atoms. The fourth-order valence-corrected chi connectivity index (χ4v) is 2.77. The number of hydrogen-bond acceptors (Lipinski definition) is 6.